The molecule has 30 heavy (non-hydrogen) atoms. The van der Waals surface area contributed by atoms with Crippen molar-refractivity contribution in [3.63, 3.8) is 0 Å². The Labute approximate surface area is 177 Å². The van der Waals surface area contributed by atoms with Gasteiger partial charge in [0.2, 0.25) is 0 Å². The summed E-state index contributed by atoms with van der Waals surface area (Å²) in [5.74, 6) is 0.00638. The molecule has 1 fully saturated rings. The van der Waals surface area contributed by atoms with Gasteiger partial charge in [0.25, 0.3) is 5.91 Å². The molecular weight excluding hydrogens is 382 g/mol. The van der Waals surface area contributed by atoms with Gasteiger partial charge in [-0.25, -0.2) is 4.79 Å². The van der Waals surface area contributed by atoms with E-state index >= 15 is 0 Å². The number of hydrogen-bond acceptors (Lipinski definition) is 5. The zero-order valence-electron chi connectivity index (χ0n) is 17.7. The van der Waals surface area contributed by atoms with Crippen LogP contribution in [0.4, 0.5) is 5.69 Å². The molecular formula is C24H29NO5. The van der Waals surface area contributed by atoms with Gasteiger partial charge in [0.1, 0.15) is 12.4 Å². The highest BCUT2D eigenvalue weighted by atomic mass is 16.5. The lowest BCUT2D eigenvalue weighted by molar-refractivity contribution is -0.123. The molecule has 1 amide bonds. The lowest BCUT2D eigenvalue weighted by atomic mass is 10.0. The van der Waals surface area contributed by atoms with E-state index in [-0.39, 0.29) is 17.9 Å². The van der Waals surface area contributed by atoms with Crippen LogP contribution in [0.5, 0.6) is 5.75 Å². The van der Waals surface area contributed by atoms with Crippen molar-refractivity contribution in [2.75, 3.05) is 18.5 Å². The van der Waals surface area contributed by atoms with Gasteiger partial charge in [0.15, 0.2) is 6.10 Å². The highest BCUT2D eigenvalue weighted by Crippen LogP contribution is 2.24. The Balaban J connectivity index is 1.52. The van der Waals surface area contributed by atoms with Gasteiger partial charge in [0.05, 0.1) is 11.7 Å². The van der Waals surface area contributed by atoms with Crippen LogP contribution in [0.3, 0.4) is 0 Å². The van der Waals surface area contributed by atoms with E-state index in [1.165, 1.54) is 0 Å². The Morgan fingerprint density at radius 1 is 1.10 bits per heavy atom. The first-order valence-electron chi connectivity index (χ1n) is 10.4. The van der Waals surface area contributed by atoms with E-state index in [2.05, 4.69) is 19.2 Å². The van der Waals surface area contributed by atoms with Crippen LogP contribution in [0.2, 0.25) is 0 Å². The Hall–Kier alpha value is -2.86. The standard InChI is InChI=1S/C24H29NO5/c1-16(2)21-8-4-5-9-22(21)25-23(26)17(3)30-24(27)18-10-12-19(13-11-18)29-15-20-7-6-14-28-20/h4-5,8-13,16-17,20H,6-7,14-15H2,1-3H3,(H,25,26)/t17-,20-/m1/s1. The van der Waals surface area contributed by atoms with E-state index in [9.17, 15) is 9.59 Å². The largest absolute Gasteiger partial charge is 0.491 e. The molecule has 6 heteroatoms. The lowest BCUT2D eigenvalue weighted by Gasteiger charge is -2.17. The quantitative estimate of drug-likeness (QED) is 0.645. The van der Waals surface area contributed by atoms with Crippen LogP contribution in [-0.4, -0.2) is 37.3 Å². The molecule has 0 radical (unpaired) electrons. The van der Waals surface area contributed by atoms with Crippen LogP contribution in [0, 0.1) is 0 Å². The minimum absolute atomic E-state index is 0.134. The van der Waals surface area contributed by atoms with Crippen molar-refractivity contribution in [3.8, 4) is 5.75 Å². The molecule has 0 aliphatic carbocycles. The van der Waals surface area contributed by atoms with Crippen LogP contribution < -0.4 is 10.1 Å². The summed E-state index contributed by atoms with van der Waals surface area (Å²) in [6, 6.07) is 14.3. The Morgan fingerprint density at radius 3 is 2.50 bits per heavy atom. The summed E-state index contributed by atoms with van der Waals surface area (Å²) in [6.45, 7) is 6.96. The first kappa shape index (κ1) is 21.8. The lowest BCUT2D eigenvalue weighted by Crippen LogP contribution is -2.30. The summed E-state index contributed by atoms with van der Waals surface area (Å²) in [7, 11) is 0. The highest BCUT2D eigenvalue weighted by molar-refractivity contribution is 5.97. The fourth-order valence-electron chi connectivity index (χ4n) is 3.28. The molecule has 1 saturated heterocycles. The molecule has 3 rings (SSSR count). The van der Waals surface area contributed by atoms with E-state index in [0.29, 0.717) is 17.9 Å². The molecule has 0 bridgehead atoms. The Kier molecular flexibility index (Phi) is 7.46. The van der Waals surface area contributed by atoms with Gasteiger partial charge >= 0.3 is 5.97 Å². The molecule has 0 saturated carbocycles. The topological polar surface area (TPSA) is 73.9 Å². The number of esters is 1. The van der Waals surface area contributed by atoms with Crippen molar-refractivity contribution in [1.82, 2.24) is 0 Å². The van der Waals surface area contributed by atoms with Gasteiger partial charge in [-0.3, -0.25) is 4.79 Å². The number of anilines is 1. The minimum atomic E-state index is -0.923. The molecule has 0 aromatic heterocycles. The van der Waals surface area contributed by atoms with Gasteiger partial charge in [-0.15, -0.1) is 0 Å². The normalized spacial score (nSPS) is 16.9. The fraction of sp³-hybridized carbons (Fsp3) is 0.417. The second kappa shape index (κ2) is 10.3. The van der Waals surface area contributed by atoms with Gasteiger partial charge < -0.3 is 19.5 Å². The van der Waals surface area contributed by atoms with Crippen molar-refractivity contribution >= 4 is 17.6 Å². The van der Waals surface area contributed by atoms with Crippen LogP contribution in [0.15, 0.2) is 48.5 Å². The first-order valence-corrected chi connectivity index (χ1v) is 10.4. The van der Waals surface area contributed by atoms with Gasteiger partial charge in [-0.05, 0) is 61.6 Å². The molecule has 0 unspecified atom stereocenters. The third-order valence-corrected chi connectivity index (χ3v) is 5.04. The molecule has 2 aromatic carbocycles. The second-order valence-electron chi connectivity index (χ2n) is 7.75. The Morgan fingerprint density at radius 2 is 1.83 bits per heavy atom. The molecule has 1 heterocycles. The molecule has 2 atom stereocenters. The van der Waals surface area contributed by atoms with E-state index in [0.717, 1.165) is 30.7 Å². The maximum Gasteiger partial charge on any atom is 0.338 e. The summed E-state index contributed by atoms with van der Waals surface area (Å²) >= 11 is 0. The number of carbonyl (C=O) groups is 2. The maximum absolute atomic E-state index is 12.5. The van der Waals surface area contributed by atoms with Crippen LogP contribution in [0.1, 0.15) is 55.5 Å². The Bertz CT molecular complexity index is 856. The number of ether oxygens (including phenoxy) is 3. The zero-order valence-corrected chi connectivity index (χ0v) is 17.7. The average Bonchev–Trinajstić information content (AvgIpc) is 3.26. The summed E-state index contributed by atoms with van der Waals surface area (Å²) in [4.78, 5) is 24.9. The van der Waals surface area contributed by atoms with E-state index in [4.69, 9.17) is 14.2 Å². The molecule has 1 N–H and O–H groups in total. The first-order chi connectivity index (χ1) is 14.4. The van der Waals surface area contributed by atoms with Crippen molar-refractivity contribution in [3.05, 3.63) is 59.7 Å². The molecule has 2 aromatic rings. The summed E-state index contributed by atoms with van der Waals surface area (Å²) < 4.78 is 16.6. The number of nitrogens with one attached hydrogen (secondary N) is 1. The molecule has 0 spiro atoms. The van der Waals surface area contributed by atoms with Crippen molar-refractivity contribution in [1.29, 1.82) is 0 Å². The van der Waals surface area contributed by atoms with Crippen LogP contribution in [0.25, 0.3) is 0 Å². The summed E-state index contributed by atoms with van der Waals surface area (Å²) in [6.07, 6.45) is 1.28. The molecule has 6 nitrogen and oxygen atoms in total. The number of hydrogen-bond donors (Lipinski definition) is 1. The van der Waals surface area contributed by atoms with Gasteiger partial charge in [0, 0.05) is 12.3 Å². The number of benzene rings is 2. The summed E-state index contributed by atoms with van der Waals surface area (Å²) in [5, 5.41) is 2.85. The highest BCUT2D eigenvalue weighted by Gasteiger charge is 2.21. The van der Waals surface area contributed by atoms with Crippen molar-refractivity contribution in [2.24, 2.45) is 0 Å². The predicted octanol–water partition coefficient (Wildman–Crippen LogP) is 4.55. The molecule has 1 aliphatic rings. The van der Waals surface area contributed by atoms with Gasteiger partial charge in [-0.2, -0.15) is 0 Å². The van der Waals surface area contributed by atoms with Gasteiger partial charge in [-0.1, -0.05) is 32.0 Å². The van der Waals surface area contributed by atoms with E-state index < -0.39 is 12.1 Å². The summed E-state index contributed by atoms with van der Waals surface area (Å²) in [5.41, 5.74) is 2.12. The minimum Gasteiger partial charge on any atom is -0.491 e. The third-order valence-electron chi connectivity index (χ3n) is 5.04. The number of rotatable bonds is 8. The maximum atomic E-state index is 12.5. The van der Waals surface area contributed by atoms with Crippen LogP contribution in [-0.2, 0) is 14.3 Å². The SMILES string of the molecule is CC(C)c1ccccc1NC(=O)[C@@H](C)OC(=O)c1ccc(OC[C@H]2CCCO2)cc1. The predicted molar refractivity (Wildman–Crippen MR) is 115 cm³/mol. The second-order valence-corrected chi connectivity index (χ2v) is 7.75. The van der Waals surface area contributed by atoms with Crippen molar-refractivity contribution in [2.45, 2.75) is 51.7 Å². The smallest absolute Gasteiger partial charge is 0.338 e. The van der Waals surface area contributed by atoms with E-state index in [1.54, 1.807) is 31.2 Å². The van der Waals surface area contributed by atoms with E-state index in [1.807, 2.05) is 24.3 Å². The van der Waals surface area contributed by atoms with Crippen LogP contribution >= 0.6 is 0 Å². The number of amides is 1. The monoisotopic (exact) mass is 411 g/mol. The average molecular weight is 411 g/mol. The van der Waals surface area contributed by atoms with Crippen molar-refractivity contribution < 1.29 is 23.8 Å². The molecule has 1 aliphatic heterocycles. The number of para-hydroxylation sites is 1. The fourth-order valence-corrected chi connectivity index (χ4v) is 3.28. The zero-order chi connectivity index (χ0) is 21.5. The molecule has 160 valence electrons. The number of carbonyl (C=O) groups excluding carboxylic acids is 2. The third kappa shape index (κ3) is 5.83.